The second-order valence-corrected chi connectivity index (χ2v) is 23.7. The summed E-state index contributed by atoms with van der Waals surface area (Å²) < 4.78 is 49.2. The molecule has 99 heavy (non-hydrogen) atoms. The number of ether oxygens (including phenoxy) is 1. The molecule has 11 N–H and O–H groups in total. The van der Waals surface area contributed by atoms with Gasteiger partial charge in [0.05, 0.1) is 78.7 Å². The lowest BCUT2D eigenvalue weighted by atomic mass is 10.1. The topological polar surface area (TPSA) is 335 Å². The summed E-state index contributed by atoms with van der Waals surface area (Å²) in [5, 5.41) is 45.3. The lowest BCUT2D eigenvalue weighted by Crippen LogP contribution is -2.42. The highest BCUT2D eigenvalue weighted by atomic mass is 35.5. The summed E-state index contributed by atoms with van der Waals surface area (Å²) >= 11 is 35.5. The molecule has 23 nitrogen and oxygen atoms in total. The van der Waals surface area contributed by atoms with Crippen LogP contribution in [0.3, 0.4) is 0 Å². The van der Waals surface area contributed by atoms with Crippen molar-refractivity contribution in [3.05, 3.63) is 262 Å². The van der Waals surface area contributed by atoms with Crippen LogP contribution in [0.2, 0.25) is 30.1 Å². The van der Waals surface area contributed by atoms with Crippen molar-refractivity contribution in [2.75, 3.05) is 71.3 Å². The fourth-order valence-corrected chi connectivity index (χ4v) is 10.1. The van der Waals surface area contributed by atoms with E-state index in [1.54, 1.807) is 23.1 Å². The average molecular weight is 1460 g/mol. The zero-order chi connectivity index (χ0) is 71.0. The van der Waals surface area contributed by atoms with Gasteiger partial charge in [-0.15, -0.1) is 0 Å². The van der Waals surface area contributed by atoms with Crippen LogP contribution >= 0.6 is 69.6 Å². The summed E-state index contributed by atoms with van der Waals surface area (Å²) in [5.74, 6) is -5.69. The van der Waals surface area contributed by atoms with Gasteiger partial charge in [0, 0.05) is 76.5 Å². The van der Waals surface area contributed by atoms with Crippen LogP contribution in [-0.4, -0.2) is 122 Å². The van der Waals surface area contributed by atoms with Crippen molar-refractivity contribution in [2.45, 2.75) is 6.42 Å². The van der Waals surface area contributed by atoms with Crippen LogP contribution in [-0.2, 0) is 4.74 Å². The number of aromatic nitrogens is 3. The van der Waals surface area contributed by atoms with E-state index in [9.17, 15) is 41.9 Å². The predicted molar refractivity (Wildman–Crippen MR) is 374 cm³/mol. The number of benzene rings is 6. The maximum Gasteiger partial charge on any atom is 0.258 e. The van der Waals surface area contributed by atoms with Gasteiger partial charge < -0.3 is 57.4 Å². The number of nitrogens with two attached hydrogens (primary N) is 1. The molecule has 9 aromatic rings. The fourth-order valence-electron chi connectivity index (χ4n) is 9.21. The number of nitrogens with zero attached hydrogens (tertiary/aromatic N) is 6. The van der Waals surface area contributed by atoms with Crippen molar-refractivity contribution in [3.8, 4) is 0 Å². The van der Waals surface area contributed by atoms with Gasteiger partial charge in [-0.1, -0.05) is 93.0 Å². The Bertz CT molecular complexity index is 4630. The minimum absolute atomic E-state index is 0.0336. The van der Waals surface area contributed by atoms with Gasteiger partial charge in [0.25, 0.3) is 35.4 Å². The molecule has 0 unspecified atom stereocenters. The Morgan fingerprint density at radius 3 is 1.01 bits per heavy atom. The molecule has 506 valence electrons. The summed E-state index contributed by atoms with van der Waals surface area (Å²) in [4.78, 5) is 92.1. The van der Waals surface area contributed by atoms with Crippen molar-refractivity contribution in [1.82, 2.24) is 24.8 Å². The molecule has 0 saturated carbocycles. The number of rotatable bonds is 15. The molecule has 32 heteroatoms. The number of likely N-dealkylation sites (tertiary alicyclic amines) is 1. The Morgan fingerprint density at radius 2 is 0.717 bits per heavy atom. The van der Waals surface area contributed by atoms with E-state index in [0.717, 1.165) is 37.7 Å². The van der Waals surface area contributed by atoms with E-state index in [-0.39, 0.29) is 106 Å². The number of hydrogen-bond donors (Lipinski definition) is 10. The van der Waals surface area contributed by atoms with Crippen molar-refractivity contribution >= 4 is 157 Å². The number of morpholine rings is 1. The first-order valence-electron chi connectivity index (χ1n) is 29.1. The van der Waals surface area contributed by atoms with Gasteiger partial charge in [0.2, 0.25) is 0 Å². The molecule has 6 amide bonds. The highest BCUT2D eigenvalue weighted by Gasteiger charge is 2.25. The number of amides is 6. The summed E-state index contributed by atoms with van der Waals surface area (Å²) in [6.45, 7) is 3.59. The van der Waals surface area contributed by atoms with Crippen molar-refractivity contribution in [2.24, 2.45) is 10.9 Å². The number of halogens is 9. The van der Waals surface area contributed by atoms with E-state index in [1.165, 1.54) is 128 Å². The zero-order valence-electron chi connectivity index (χ0n) is 51.0. The second kappa shape index (κ2) is 33.5. The number of pyridine rings is 3. The summed E-state index contributed by atoms with van der Waals surface area (Å²) in [5.41, 5.74) is 6.05. The van der Waals surface area contributed by atoms with E-state index in [0.29, 0.717) is 52.5 Å². The molecule has 0 spiro atoms. The number of hydrogen-bond acceptors (Lipinski definition) is 14. The molecule has 11 rings (SSSR count). The number of oxime groups is 1. The quantitative estimate of drug-likeness (QED) is 0.0197. The van der Waals surface area contributed by atoms with E-state index in [4.69, 9.17) is 96.1 Å². The average Bonchev–Trinajstić information content (AvgIpc) is 0.855. The van der Waals surface area contributed by atoms with Crippen LogP contribution in [0.5, 0.6) is 0 Å². The van der Waals surface area contributed by atoms with Crippen molar-refractivity contribution in [3.63, 3.8) is 0 Å². The molecule has 0 aliphatic carbocycles. The maximum atomic E-state index is 14.9. The van der Waals surface area contributed by atoms with Crippen LogP contribution < -0.4 is 37.6 Å². The van der Waals surface area contributed by atoms with E-state index < -0.39 is 52.9 Å². The molecule has 0 bridgehead atoms. The zero-order valence-corrected chi connectivity index (χ0v) is 55.5. The summed E-state index contributed by atoms with van der Waals surface area (Å²) in [7, 11) is 0. The molecule has 5 heterocycles. The first-order chi connectivity index (χ1) is 47.4. The van der Waals surface area contributed by atoms with E-state index in [2.05, 4.69) is 52.0 Å². The normalized spacial score (nSPS) is 12.4. The first-order valence-corrected chi connectivity index (χ1v) is 31.4. The van der Waals surface area contributed by atoms with Crippen LogP contribution in [0, 0.1) is 28.3 Å². The lowest BCUT2D eigenvalue weighted by Gasteiger charge is -2.33. The van der Waals surface area contributed by atoms with Gasteiger partial charge in [-0.05, 0) is 134 Å². The number of nitrogens with one attached hydrogen (secondary N) is 8. The van der Waals surface area contributed by atoms with Gasteiger partial charge in [-0.2, -0.15) is 0 Å². The Kier molecular flexibility index (Phi) is 24.6. The van der Waals surface area contributed by atoms with Gasteiger partial charge in [-0.25, -0.2) is 28.1 Å². The minimum Gasteiger partial charge on any atom is -0.409 e. The SMILES string of the molecule is N=C(c1ccc(C(=O)Nc2ccc(Cl)cc2C(=O)Nc2ccc(Cl)cn2)c(F)c1)N1CCC1.N=C(c1ccc(C(=O)Nc2ccc(Cl)cc2C(=O)Nc2ccc(Cl)cn2)c(F)c1)N1CCOCC1.NC(=NO)c1ccc(C(=O)Nc2ccc(Cl)cc2C(=O)Nc2ccc(Cl)cn2)c(F)c1. The van der Waals surface area contributed by atoms with E-state index in [1.807, 2.05) is 4.90 Å². The number of carbonyl (C=O) groups is 6. The Labute approximate surface area is 591 Å². The van der Waals surface area contributed by atoms with Crippen molar-refractivity contribution in [1.29, 1.82) is 10.8 Å². The molecule has 2 aliphatic rings. The van der Waals surface area contributed by atoms with E-state index >= 15 is 0 Å². The molecule has 0 radical (unpaired) electrons. The summed E-state index contributed by atoms with van der Waals surface area (Å²) in [6, 6.07) is 33.5. The van der Waals surface area contributed by atoms with Gasteiger partial charge in [0.1, 0.15) is 46.6 Å². The Balaban J connectivity index is 0.000000174. The standard InChI is InChI=1S/C24H20Cl2FN5O3.C23H18Cl2FN5O2.C20H14Cl2FN5O3/c25-15-2-5-20(18(12-15)24(34)31-21-6-3-16(26)13-29-21)30-23(33)17-4-1-14(11-19(17)27)22(28)32-7-9-35-10-8-32;24-14-3-6-19(17(11-14)23(33)30-20-7-4-15(25)12-28-20)29-22(32)16-5-2-13(10-18(16)26)21(27)31-8-1-9-31;21-11-2-5-16(14(8-11)20(30)27-17-6-3-12(22)9-25-17)26-19(29)13-4-1-10(7-15(13)23)18(24)28-31/h1-6,11-13,28H,7-10H2,(H,30,33)(H,29,31,34);2-7,10-12,27H,1,8-9H2,(H,29,32)(H,28,30,33);1-9,31H,(H2,24,28)(H,26,29)(H,25,27,30). The molecular formula is C67H52Cl6F3N15O8. The van der Waals surface area contributed by atoms with Crippen LogP contribution in [0.4, 0.5) is 47.7 Å². The highest BCUT2D eigenvalue weighted by Crippen LogP contribution is 2.28. The van der Waals surface area contributed by atoms with Crippen LogP contribution in [0.25, 0.3) is 0 Å². The molecule has 2 saturated heterocycles. The monoisotopic (exact) mass is 1460 g/mol. The molecule has 3 aromatic heterocycles. The van der Waals surface area contributed by atoms with Crippen LogP contribution in [0.15, 0.2) is 169 Å². The molecule has 2 fully saturated rings. The van der Waals surface area contributed by atoms with Gasteiger partial charge in [-0.3, -0.25) is 39.6 Å². The molecule has 0 atom stereocenters. The molecule has 2 aliphatic heterocycles. The third kappa shape index (κ3) is 19.3. The van der Waals surface area contributed by atoms with Crippen LogP contribution in [0.1, 0.15) is 85.3 Å². The number of amidine groups is 3. The fraction of sp³-hybridized carbons (Fsp3) is 0.104. The molecular weight excluding hydrogens is 1410 g/mol. The second-order valence-electron chi connectivity index (χ2n) is 21.1. The van der Waals surface area contributed by atoms with Gasteiger partial charge >= 0.3 is 0 Å². The third-order valence-corrected chi connectivity index (χ3v) is 15.8. The van der Waals surface area contributed by atoms with Crippen molar-refractivity contribution < 1.29 is 51.9 Å². The number of carbonyl (C=O) groups excluding carboxylic acids is 6. The van der Waals surface area contributed by atoms with Gasteiger partial charge in [0.15, 0.2) is 5.84 Å². The lowest BCUT2D eigenvalue weighted by molar-refractivity contribution is 0.0679. The molecule has 6 aromatic carbocycles. The number of anilines is 6. The smallest absolute Gasteiger partial charge is 0.258 e. The minimum atomic E-state index is -0.896. The Morgan fingerprint density at radius 1 is 0.414 bits per heavy atom. The predicted octanol–water partition coefficient (Wildman–Crippen LogP) is 13.9. The summed E-state index contributed by atoms with van der Waals surface area (Å²) in [6.07, 6.45) is 5.12. The maximum absolute atomic E-state index is 14.9. The third-order valence-electron chi connectivity index (χ3n) is 14.4. The first kappa shape index (κ1) is 72.6. The highest BCUT2D eigenvalue weighted by molar-refractivity contribution is 6.33. The Hall–Kier alpha value is -10.7. The largest absolute Gasteiger partial charge is 0.409 e.